The van der Waals surface area contributed by atoms with E-state index in [2.05, 4.69) is 0 Å². The largest absolute Gasteiger partial charge is 0.416 e. The van der Waals surface area contributed by atoms with Gasteiger partial charge in [0.25, 0.3) is 0 Å². The number of rotatable bonds is 3. The quantitative estimate of drug-likeness (QED) is 0.847. The predicted molar refractivity (Wildman–Crippen MR) is 71.8 cm³/mol. The molecule has 0 amide bonds. The number of benzene rings is 1. The first-order chi connectivity index (χ1) is 10.6. The van der Waals surface area contributed by atoms with Crippen molar-refractivity contribution in [2.24, 2.45) is 0 Å². The van der Waals surface area contributed by atoms with E-state index in [0.29, 0.717) is 44.1 Å². The van der Waals surface area contributed by atoms with E-state index in [1.165, 1.54) is 0 Å². The Labute approximate surface area is 129 Å². The van der Waals surface area contributed by atoms with Crippen LogP contribution in [0.5, 0.6) is 0 Å². The molecule has 8 heteroatoms. The zero-order valence-electron chi connectivity index (χ0n) is 12.2. The summed E-state index contributed by atoms with van der Waals surface area (Å²) in [4.78, 5) is 1.85. The van der Waals surface area contributed by atoms with Gasteiger partial charge in [-0.2, -0.15) is 26.3 Å². The number of halogens is 6. The highest BCUT2D eigenvalue weighted by Crippen LogP contribution is 2.36. The van der Waals surface area contributed by atoms with Gasteiger partial charge in [0, 0.05) is 19.6 Å². The van der Waals surface area contributed by atoms with Crippen LogP contribution in [0.2, 0.25) is 0 Å². The smallest absolute Gasteiger partial charge is 0.393 e. The minimum Gasteiger partial charge on any atom is -0.393 e. The van der Waals surface area contributed by atoms with E-state index in [1.54, 1.807) is 0 Å². The van der Waals surface area contributed by atoms with Crippen molar-refractivity contribution >= 4 is 0 Å². The lowest BCUT2D eigenvalue weighted by molar-refractivity contribution is -0.141. The van der Waals surface area contributed by atoms with Crippen molar-refractivity contribution in [3.05, 3.63) is 34.9 Å². The van der Waals surface area contributed by atoms with Crippen molar-refractivity contribution in [3.8, 4) is 0 Å². The Balaban J connectivity index is 2.17. The molecule has 1 aliphatic rings. The van der Waals surface area contributed by atoms with Crippen LogP contribution in [0, 0.1) is 0 Å². The third-order valence-corrected chi connectivity index (χ3v) is 3.99. The average Bonchev–Trinajstić information content (AvgIpc) is 2.44. The number of hydrogen-bond donors (Lipinski definition) is 1. The first kappa shape index (κ1) is 18.1. The molecule has 1 heterocycles. The highest BCUT2D eigenvalue weighted by molar-refractivity contribution is 5.35. The molecule has 1 aromatic carbocycles. The lowest BCUT2D eigenvalue weighted by Crippen LogP contribution is -2.37. The first-order valence-electron chi connectivity index (χ1n) is 7.25. The first-order valence-corrected chi connectivity index (χ1v) is 7.25. The molecule has 1 saturated heterocycles. The summed E-state index contributed by atoms with van der Waals surface area (Å²) >= 11 is 0. The summed E-state index contributed by atoms with van der Waals surface area (Å²) in [6.45, 7) is 1.29. The molecule has 1 N–H and O–H groups in total. The monoisotopic (exact) mass is 341 g/mol. The molecule has 0 radical (unpaired) electrons. The van der Waals surface area contributed by atoms with Crippen molar-refractivity contribution in [2.75, 3.05) is 19.6 Å². The number of aliphatic hydroxyl groups is 1. The Bertz CT molecular complexity index is 532. The summed E-state index contributed by atoms with van der Waals surface area (Å²) in [5.74, 6) is 0. The number of nitrogens with zero attached hydrogens (tertiary/aromatic N) is 1. The molecule has 0 spiro atoms. The minimum absolute atomic E-state index is 0.116. The Kier molecular flexibility index (Phi) is 5.25. The van der Waals surface area contributed by atoms with E-state index in [0.717, 1.165) is 0 Å². The highest BCUT2D eigenvalue weighted by Gasteiger charge is 2.36. The van der Waals surface area contributed by atoms with Crippen molar-refractivity contribution in [2.45, 2.75) is 37.7 Å². The Hall–Kier alpha value is -1.28. The molecule has 1 fully saturated rings. The van der Waals surface area contributed by atoms with Gasteiger partial charge in [-0.3, -0.25) is 0 Å². The molecule has 0 atom stereocenters. The molecule has 0 aliphatic carbocycles. The van der Waals surface area contributed by atoms with Gasteiger partial charge < -0.3 is 10.0 Å². The van der Waals surface area contributed by atoms with Crippen LogP contribution < -0.4 is 0 Å². The normalized spacial score (nSPS) is 18.4. The van der Waals surface area contributed by atoms with Gasteiger partial charge in [-0.1, -0.05) is 0 Å². The fraction of sp³-hybridized carbons (Fsp3) is 0.600. The summed E-state index contributed by atoms with van der Waals surface area (Å²) in [7, 11) is 0. The topological polar surface area (TPSA) is 23.5 Å². The van der Waals surface area contributed by atoms with Crippen molar-refractivity contribution in [1.29, 1.82) is 0 Å². The summed E-state index contributed by atoms with van der Waals surface area (Å²) in [5.41, 5.74) is -2.45. The van der Waals surface area contributed by atoms with Crippen molar-refractivity contribution < 1.29 is 31.4 Å². The van der Waals surface area contributed by atoms with E-state index in [9.17, 15) is 31.4 Å². The summed E-state index contributed by atoms with van der Waals surface area (Å²) < 4.78 is 77.0. The molecule has 1 aromatic rings. The van der Waals surface area contributed by atoms with E-state index in [4.69, 9.17) is 0 Å². The maximum Gasteiger partial charge on any atom is 0.416 e. The number of hydrogen-bond acceptors (Lipinski definition) is 2. The standard InChI is InChI=1S/C15H17F6NO/c16-14(17,18)11-1-2-13(15(19,20)21)10(9-11)3-6-22-7-4-12(23)5-8-22/h1-2,9,12,23H,3-8H2. The van der Waals surface area contributed by atoms with Crippen LogP contribution in [0.4, 0.5) is 26.3 Å². The second-order valence-corrected chi connectivity index (χ2v) is 5.69. The molecule has 2 rings (SSSR count). The van der Waals surface area contributed by atoms with Crippen molar-refractivity contribution in [1.82, 2.24) is 4.90 Å². The lowest BCUT2D eigenvalue weighted by atomic mass is 9.99. The van der Waals surface area contributed by atoms with Gasteiger partial charge in [0.05, 0.1) is 17.2 Å². The average molecular weight is 341 g/mol. The maximum atomic E-state index is 13.0. The van der Waals surface area contributed by atoms with E-state index in [-0.39, 0.29) is 18.5 Å². The van der Waals surface area contributed by atoms with Crippen LogP contribution in [0.1, 0.15) is 29.5 Å². The third-order valence-electron chi connectivity index (χ3n) is 3.99. The molecule has 130 valence electrons. The van der Waals surface area contributed by atoms with Gasteiger partial charge in [-0.25, -0.2) is 0 Å². The lowest BCUT2D eigenvalue weighted by Gasteiger charge is -2.29. The number of aliphatic hydroxyl groups excluding tert-OH is 1. The molecule has 0 unspecified atom stereocenters. The minimum atomic E-state index is -4.68. The molecule has 0 saturated carbocycles. The van der Waals surface area contributed by atoms with Crippen LogP contribution in [-0.2, 0) is 18.8 Å². The molecule has 2 nitrogen and oxygen atoms in total. The second-order valence-electron chi connectivity index (χ2n) is 5.69. The van der Waals surface area contributed by atoms with Crippen LogP contribution in [0.15, 0.2) is 18.2 Å². The summed E-state index contributed by atoms with van der Waals surface area (Å²) in [5, 5.41) is 9.39. The molecule has 0 bridgehead atoms. The fourth-order valence-corrected chi connectivity index (χ4v) is 2.67. The van der Waals surface area contributed by atoms with Crippen molar-refractivity contribution in [3.63, 3.8) is 0 Å². The van der Waals surface area contributed by atoms with Gasteiger partial charge in [0.2, 0.25) is 0 Å². The second kappa shape index (κ2) is 6.68. The van der Waals surface area contributed by atoms with E-state index in [1.807, 2.05) is 4.90 Å². The Morgan fingerprint density at radius 2 is 1.61 bits per heavy atom. The van der Waals surface area contributed by atoms with Crippen LogP contribution in [0.3, 0.4) is 0 Å². The van der Waals surface area contributed by atoms with Crippen LogP contribution >= 0.6 is 0 Å². The van der Waals surface area contributed by atoms with E-state index < -0.39 is 29.6 Å². The van der Waals surface area contributed by atoms with Gasteiger partial charge in [0.1, 0.15) is 0 Å². The predicted octanol–water partition coefficient (Wildman–Crippen LogP) is 3.72. The van der Waals surface area contributed by atoms with Crippen LogP contribution in [0.25, 0.3) is 0 Å². The molecule has 23 heavy (non-hydrogen) atoms. The summed E-state index contributed by atoms with van der Waals surface area (Å²) in [6, 6.07) is 1.54. The number of piperidine rings is 1. The number of alkyl halides is 6. The molecular formula is C15H17F6NO. The Morgan fingerprint density at radius 1 is 1.00 bits per heavy atom. The Morgan fingerprint density at radius 3 is 2.13 bits per heavy atom. The fourth-order valence-electron chi connectivity index (χ4n) is 2.67. The highest BCUT2D eigenvalue weighted by atomic mass is 19.4. The van der Waals surface area contributed by atoms with Crippen LogP contribution in [-0.4, -0.2) is 35.7 Å². The zero-order valence-corrected chi connectivity index (χ0v) is 12.2. The third kappa shape index (κ3) is 4.84. The SMILES string of the molecule is OC1CCN(CCc2cc(C(F)(F)F)ccc2C(F)(F)F)CC1. The molecule has 1 aliphatic heterocycles. The van der Waals surface area contributed by atoms with E-state index >= 15 is 0 Å². The summed E-state index contributed by atoms with van der Waals surface area (Å²) in [6.07, 6.45) is -8.84. The number of likely N-dealkylation sites (tertiary alicyclic amines) is 1. The zero-order chi connectivity index (χ0) is 17.3. The van der Waals surface area contributed by atoms with Gasteiger partial charge in [-0.15, -0.1) is 0 Å². The maximum absolute atomic E-state index is 13.0. The molecular weight excluding hydrogens is 324 g/mol. The van der Waals surface area contributed by atoms with Gasteiger partial charge in [-0.05, 0) is 43.0 Å². The van der Waals surface area contributed by atoms with Gasteiger partial charge in [0.15, 0.2) is 0 Å². The van der Waals surface area contributed by atoms with Gasteiger partial charge >= 0.3 is 12.4 Å². The molecule has 0 aromatic heterocycles.